The zero-order valence-electron chi connectivity index (χ0n) is 12.1. The third-order valence-electron chi connectivity index (χ3n) is 3.28. The molecule has 0 aliphatic heterocycles. The van der Waals surface area contributed by atoms with Crippen molar-refractivity contribution in [1.82, 2.24) is 14.8 Å². The van der Waals surface area contributed by atoms with Gasteiger partial charge in [-0.05, 0) is 29.8 Å². The Morgan fingerprint density at radius 2 is 2.09 bits per heavy atom. The summed E-state index contributed by atoms with van der Waals surface area (Å²) in [6, 6.07) is 6.87. The van der Waals surface area contributed by atoms with Gasteiger partial charge in [-0.3, -0.25) is 0 Å². The molecule has 8 heteroatoms. The van der Waals surface area contributed by atoms with Gasteiger partial charge < -0.3 is 14.1 Å². The second-order valence-corrected chi connectivity index (χ2v) is 5.83. The van der Waals surface area contributed by atoms with Gasteiger partial charge in [-0.2, -0.15) is 0 Å². The minimum atomic E-state index is -0.981. The lowest BCUT2D eigenvalue weighted by Crippen LogP contribution is -2.03. The Morgan fingerprint density at radius 1 is 1.26 bits per heavy atom. The van der Waals surface area contributed by atoms with Crippen LogP contribution in [0.3, 0.4) is 0 Å². The first-order valence-electron chi connectivity index (χ1n) is 6.75. The van der Waals surface area contributed by atoms with Crippen molar-refractivity contribution in [2.24, 2.45) is 7.05 Å². The molecule has 2 aromatic heterocycles. The van der Waals surface area contributed by atoms with Crippen LogP contribution in [0.1, 0.15) is 11.7 Å². The zero-order chi connectivity index (χ0) is 16.4. The van der Waals surface area contributed by atoms with Gasteiger partial charge in [0.1, 0.15) is 0 Å². The van der Waals surface area contributed by atoms with Gasteiger partial charge in [0.25, 0.3) is 0 Å². The van der Waals surface area contributed by atoms with Crippen molar-refractivity contribution in [3.63, 3.8) is 0 Å². The predicted octanol–water partition coefficient (Wildman–Crippen LogP) is 3.18. The van der Waals surface area contributed by atoms with Crippen molar-refractivity contribution in [3.05, 3.63) is 53.8 Å². The van der Waals surface area contributed by atoms with Gasteiger partial charge >= 0.3 is 0 Å². The lowest BCUT2D eigenvalue weighted by molar-refractivity contribution is 0.203. The van der Waals surface area contributed by atoms with Crippen molar-refractivity contribution in [3.8, 4) is 11.6 Å². The Labute approximate surface area is 135 Å². The topological polar surface area (TPSA) is 64.1 Å². The Hall–Kier alpha value is -2.19. The Kier molecular flexibility index (Phi) is 4.44. The number of nitrogens with zero attached hydrogens (tertiary/aromatic N) is 3. The Bertz CT molecular complexity index is 805. The van der Waals surface area contributed by atoms with Gasteiger partial charge in [0, 0.05) is 12.8 Å². The average molecular weight is 337 g/mol. The van der Waals surface area contributed by atoms with Crippen LogP contribution in [0, 0.1) is 11.6 Å². The molecule has 1 atom stereocenters. The maximum Gasteiger partial charge on any atom is 0.200 e. The van der Waals surface area contributed by atoms with E-state index in [1.165, 1.54) is 17.8 Å². The van der Waals surface area contributed by atoms with Crippen LogP contribution in [-0.4, -0.2) is 25.6 Å². The number of aliphatic hydroxyl groups excluding tert-OH is 1. The number of rotatable bonds is 5. The van der Waals surface area contributed by atoms with Crippen molar-refractivity contribution in [2.45, 2.75) is 11.3 Å². The van der Waals surface area contributed by atoms with E-state index in [4.69, 9.17) is 4.42 Å². The maximum atomic E-state index is 13.2. The number of benzene rings is 1. The molecule has 3 rings (SSSR count). The SMILES string of the molecule is Cn1c(SCC(O)c2ccc(F)c(F)c2)nnc1-c1ccco1. The van der Waals surface area contributed by atoms with Crippen molar-refractivity contribution < 1.29 is 18.3 Å². The molecule has 23 heavy (non-hydrogen) atoms. The van der Waals surface area contributed by atoms with Gasteiger partial charge in [-0.1, -0.05) is 17.8 Å². The van der Waals surface area contributed by atoms with Gasteiger partial charge in [-0.15, -0.1) is 10.2 Å². The molecule has 0 spiro atoms. The van der Waals surface area contributed by atoms with Gasteiger partial charge in [0.2, 0.25) is 0 Å². The molecule has 0 aliphatic carbocycles. The molecule has 2 heterocycles. The number of hydrogen-bond donors (Lipinski definition) is 1. The van der Waals surface area contributed by atoms with E-state index in [1.54, 1.807) is 30.0 Å². The first-order valence-corrected chi connectivity index (χ1v) is 7.74. The van der Waals surface area contributed by atoms with E-state index in [-0.39, 0.29) is 5.75 Å². The summed E-state index contributed by atoms with van der Waals surface area (Å²) in [6.45, 7) is 0. The Morgan fingerprint density at radius 3 is 2.78 bits per heavy atom. The molecule has 5 nitrogen and oxygen atoms in total. The summed E-state index contributed by atoms with van der Waals surface area (Å²) in [4.78, 5) is 0. The second kappa shape index (κ2) is 6.51. The van der Waals surface area contributed by atoms with Crippen molar-refractivity contribution in [1.29, 1.82) is 0 Å². The minimum Gasteiger partial charge on any atom is -0.461 e. The molecule has 3 aromatic rings. The number of thioether (sulfide) groups is 1. The van der Waals surface area contributed by atoms with E-state index in [1.807, 2.05) is 0 Å². The lowest BCUT2D eigenvalue weighted by atomic mass is 10.1. The molecule has 0 amide bonds. The second-order valence-electron chi connectivity index (χ2n) is 4.84. The molecule has 1 aromatic carbocycles. The van der Waals surface area contributed by atoms with Crippen LogP contribution in [0.5, 0.6) is 0 Å². The van der Waals surface area contributed by atoms with Crippen molar-refractivity contribution in [2.75, 3.05) is 5.75 Å². The molecule has 0 radical (unpaired) electrons. The number of aliphatic hydroxyl groups is 1. The number of halogens is 2. The highest BCUT2D eigenvalue weighted by molar-refractivity contribution is 7.99. The molecule has 120 valence electrons. The quantitative estimate of drug-likeness (QED) is 0.725. The van der Waals surface area contributed by atoms with Crippen LogP contribution in [0.2, 0.25) is 0 Å². The van der Waals surface area contributed by atoms with Crippen molar-refractivity contribution >= 4 is 11.8 Å². The first kappa shape index (κ1) is 15.7. The third kappa shape index (κ3) is 3.27. The summed E-state index contributed by atoms with van der Waals surface area (Å²) >= 11 is 1.26. The van der Waals surface area contributed by atoms with E-state index >= 15 is 0 Å². The van der Waals surface area contributed by atoms with E-state index in [9.17, 15) is 13.9 Å². The predicted molar refractivity (Wildman–Crippen MR) is 80.7 cm³/mol. The normalized spacial score (nSPS) is 12.5. The molecule has 0 saturated carbocycles. The summed E-state index contributed by atoms with van der Waals surface area (Å²) in [5.41, 5.74) is 0.310. The van der Waals surface area contributed by atoms with Crippen LogP contribution in [0.25, 0.3) is 11.6 Å². The summed E-state index contributed by atoms with van der Waals surface area (Å²) in [7, 11) is 1.78. The summed E-state index contributed by atoms with van der Waals surface area (Å²) in [5, 5.41) is 18.8. The van der Waals surface area contributed by atoms with Gasteiger partial charge in [0.15, 0.2) is 28.4 Å². The van der Waals surface area contributed by atoms with Crippen LogP contribution in [0.15, 0.2) is 46.2 Å². The van der Waals surface area contributed by atoms with Crippen LogP contribution in [0.4, 0.5) is 8.78 Å². The standard InChI is InChI=1S/C15H13F2N3O2S/c1-20-14(13-3-2-6-22-13)18-19-15(20)23-8-12(21)9-4-5-10(16)11(17)7-9/h2-7,12,21H,8H2,1H3. The third-order valence-corrected chi connectivity index (χ3v) is 4.37. The van der Waals surface area contributed by atoms with E-state index in [2.05, 4.69) is 10.2 Å². The minimum absolute atomic E-state index is 0.231. The highest BCUT2D eigenvalue weighted by Gasteiger charge is 2.16. The fourth-order valence-corrected chi connectivity index (χ4v) is 2.91. The van der Waals surface area contributed by atoms with Gasteiger partial charge in [-0.25, -0.2) is 8.78 Å². The molecule has 0 aliphatic rings. The van der Waals surface area contributed by atoms with Crippen LogP contribution >= 0.6 is 11.8 Å². The zero-order valence-corrected chi connectivity index (χ0v) is 12.9. The number of aromatic nitrogens is 3. The van der Waals surface area contributed by atoms with Crippen LogP contribution < -0.4 is 0 Å². The molecular formula is C15H13F2N3O2S. The number of hydrogen-bond acceptors (Lipinski definition) is 5. The van der Waals surface area contributed by atoms with E-state index in [0.717, 1.165) is 12.1 Å². The van der Waals surface area contributed by atoms with E-state index in [0.29, 0.717) is 22.3 Å². The molecule has 0 saturated heterocycles. The molecular weight excluding hydrogens is 324 g/mol. The molecule has 1 unspecified atom stereocenters. The fourth-order valence-electron chi connectivity index (χ4n) is 2.03. The molecule has 0 fully saturated rings. The average Bonchev–Trinajstić information content (AvgIpc) is 3.17. The highest BCUT2D eigenvalue weighted by atomic mass is 32.2. The first-order chi connectivity index (χ1) is 11.1. The highest BCUT2D eigenvalue weighted by Crippen LogP contribution is 2.27. The summed E-state index contributed by atoms with van der Waals surface area (Å²) in [6.07, 6.45) is 0.600. The van der Waals surface area contributed by atoms with Gasteiger partial charge in [0.05, 0.1) is 12.4 Å². The molecule has 0 bridgehead atoms. The number of furan rings is 1. The van der Waals surface area contributed by atoms with Crippen LogP contribution in [-0.2, 0) is 7.05 Å². The summed E-state index contributed by atoms with van der Waals surface area (Å²) < 4.78 is 33.1. The Balaban J connectivity index is 1.70. The largest absolute Gasteiger partial charge is 0.461 e. The fraction of sp³-hybridized carbons (Fsp3) is 0.200. The summed E-state index contributed by atoms with van der Waals surface area (Å²) in [5.74, 6) is -0.530. The smallest absolute Gasteiger partial charge is 0.200 e. The maximum absolute atomic E-state index is 13.2. The molecule has 1 N–H and O–H groups in total. The monoisotopic (exact) mass is 337 g/mol. The lowest BCUT2D eigenvalue weighted by Gasteiger charge is -2.10. The van der Waals surface area contributed by atoms with E-state index < -0.39 is 17.7 Å².